The summed E-state index contributed by atoms with van der Waals surface area (Å²) in [4.78, 5) is 4.49. The van der Waals surface area contributed by atoms with Crippen LogP contribution in [0.4, 0.5) is 0 Å². The van der Waals surface area contributed by atoms with E-state index in [0.29, 0.717) is 0 Å². The van der Waals surface area contributed by atoms with Crippen molar-refractivity contribution in [3.05, 3.63) is 74.4 Å². The molecular weight excluding hydrogens is 397 g/mol. The van der Waals surface area contributed by atoms with Crippen LogP contribution in [-0.2, 0) is 0 Å². The molecule has 0 aliphatic heterocycles. The van der Waals surface area contributed by atoms with Gasteiger partial charge in [-0.2, -0.15) is 0 Å². The summed E-state index contributed by atoms with van der Waals surface area (Å²) in [6.07, 6.45) is 1.85. The molecule has 1 heterocycles. The molecule has 1 unspecified atom stereocenters. The SMILES string of the molecule is NNC(c1ccc(I)c(Cl)c1)c1cnc2ccccc2c1. The topological polar surface area (TPSA) is 50.9 Å². The number of fused-ring (bicyclic) bond motifs is 1. The highest BCUT2D eigenvalue weighted by atomic mass is 127. The Morgan fingerprint density at radius 2 is 1.90 bits per heavy atom. The number of nitrogens with two attached hydrogens (primary N) is 1. The van der Waals surface area contributed by atoms with Crippen LogP contribution in [0.25, 0.3) is 10.9 Å². The zero-order chi connectivity index (χ0) is 14.8. The Kier molecular flexibility index (Phi) is 4.40. The summed E-state index contributed by atoms with van der Waals surface area (Å²) in [5, 5.41) is 1.81. The molecule has 0 saturated heterocycles. The third-order valence-electron chi connectivity index (χ3n) is 3.39. The van der Waals surface area contributed by atoms with Gasteiger partial charge in [0.25, 0.3) is 0 Å². The maximum atomic E-state index is 6.21. The first-order valence-corrected chi connectivity index (χ1v) is 7.90. The molecule has 5 heteroatoms. The van der Waals surface area contributed by atoms with E-state index in [0.717, 1.165) is 30.6 Å². The average molecular weight is 410 g/mol. The monoisotopic (exact) mass is 409 g/mol. The molecule has 106 valence electrons. The van der Waals surface area contributed by atoms with E-state index in [1.807, 2.05) is 48.7 Å². The molecule has 3 N–H and O–H groups in total. The summed E-state index contributed by atoms with van der Waals surface area (Å²) in [7, 11) is 0. The molecule has 0 amide bonds. The number of hydrogen-bond acceptors (Lipinski definition) is 3. The minimum absolute atomic E-state index is 0.142. The minimum atomic E-state index is -0.142. The highest BCUT2D eigenvalue weighted by Gasteiger charge is 2.14. The number of nitrogens with one attached hydrogen (secondary N) is 1. The molecule has 2 aromatic carbocycles. The Bertz CT molecular complexity index is 791. The second kappa shape index (κ2) is 6.27. The van der Waals surface area contributed by atoms with Crippen LogP contribution in [0.1, 0.15) is 17.2 Å². The first-order valence-electron chi connectivity index (χ1n) is 6.45. The van der Waals surface area contributed by atoms with Gasteiger partial charge in [0.1, 0.15) is 0 Å². The molecule has 0 spiro atoms. The lowest BCUT2D eigenvalue weighted by molar-refractivity contribution is 0.635. The van der Waals surface area contributed by atoms with Crippen molar-refractivity contribution in [2.75, 3.05) is 0 Å². The second-order valence-electron chi connectivity index (χ2n) is 4.73. The number of benzene rings is 2. The van der Waals surface area contributed by atoms with Gasteiger partial charge in [-0.05, 0) is 58.0 Å². The fourth-order valence-corrected chi connectivity index (χ4v) is 2.85. The largest absolute Gasteiger partial charge is 0.271 e. The number of halogens is 2. The zero-order valence-electron chi connectivity index (χ0n) is 11.1. The van der Waals surface area contributed by atoms with Gasteiger partial charge in [-0.25, -0.2) is 5.43 Å². The van der Waals surface area contributed by atoms with Crippen LogP contribution >= 0.6 is 34.2 Å². The molecular formula is C16H13ClIN3. The second-order valence-corrected chi connectivity index (χ2v) is 6.30. The van der Waals surface area contributed by atoms with Crippen LogP contribution in [-0.4, -0.2) is 4.98 Å². The van der Waals surface area contributed by atoms with E-state index < -0.39 is 0 Å². The highest BCUT2D eigenvalue weighted by Crippen LogP contribution is 2.27. The van der Waals surface area contributed by atoms with Crippen LogP contribution in [0.15, 0.2) is 54.7 Å². The minimum Gasteiger partial charge on any atom is -0.271 e. The van der Waals surface area contributed by atoms with Crippen molar-refractivity contribution in [1.82, 2.24) is 10.4 Å². The third kappa shape index (κ3) is 3.03. The summed E-state index contributed by atoms with van der Waals surface area (Å²) >= 11 is 8.41. The summed E-state index contributed by atoms with van der Waals surface area (Å²) in [6, 6.07) is 15.9. The van der Waals surface area contributed by atoms with Gasteiger partial charge in [0, 0.05) is 15.2 Å². The molecule has 0 aliphatic carbocycles. The van der Waals surface area contributed by atoms with Gasteiger partial charge in [-0.1, -0.05) is 35.9 Å². The first-order chi connectivity index (χ1) is 10.2. The van der Waals surface area contributed by atoms with E-state index in [1.54, 1.807) is 0 Å². The van der Waals surface area contributed by atoms with Crippen molar-refractivity contribution < 1.29 is 0 Å². The van der Waals surface area contributed by atoms with Crippen LogP contribution < -0.4 is 11.3 Å². The Morgan fingerprint density at radius 1 is 1.10 bits per heavy atom. The van der Waals surface area contributed by atoms with Crippen molar-refractivity contribution in [2.24, 2.45) is 5.84 Å². The van der Waals surface area contributed by atoms with Crippen molar-refractivity contribution in [2.45, 2.75) is 6.04 Å². The molecule has 21 heavy (non-hydrogen) atoms. The summed E-state index contributed by atoms with van der Waals surface area (Å²) in [6.45, 7) is 0. The quantitative estimate of drug-likeness (QED) is 0.390. The van der Waals surface area contributed by atoms with Crippen LogP contribution in [0.2, 0.25) is 5.02 Å². The maximum absolute atomic E-state index is 6.21. The smallest absolute Gasteiger partial charge is 0.0725 e. The van der Waals surface area contributed by atoms with Gasteiger partial charge < -0.3 is 0 Å². The lowest BCUT2D eigenvalue weighted by atomic mass is 9.99. The number of pyridine rings is 1. The normalized spacial score (nSPS) is 12.5. The lowest BCUT2D eigenvalue weighted by Crippen LogP contribution is -2.29. The van der Waals surface area contributed by atoms with Crippen molar-refractivity contribution in [3.63, 3.8) is 0 Å². The predicted octanol–water partition coefficient (Wildman–Crippen LogP) is 4.05. The van der Waals surface area contributed by atoms with E-state index in [-0.39, 0.29) is 6.04 Å². The molecule has 0 bridgehead atoms. The molecule has 0 aliphatic rings. The molecule has 0 radical (unpaired) electrons. The fraction of sp³-hybridized carbons (Fsp3) is 0.0625. The number of aromatic nitrogens is 1. The number of para-hydroxylation sites is 1. The van der Waals surface area contributed by atoms with Gasteiger partial charge in [0.2, 0.25) is 0 Å². The lowest BCUT2D eigenvalue weighted by Gasteiger charge is -2.17. The zero-order valence-corrected chi connectivity index (χ0v) is 14.0. The Labute approximate surface area is 141 Å². The van der Waals surface area contributed by atoms with E-state index in [2.05, 4.69) is 39.1 Å². The van der Waals surface area contributed by atoms with Gasteiger partial charge in [0.05, 0.1) is 16.6 Å². The third-order valence-corrected chi connectivity index (χ3v) is 4.96. The molecule has 0 saturated carbocycles. The highest BCUT2D eigenvalue weighted by molar-refractivity contribution is 14.1. The maximum Gasteiger partial charge on any atom is 0.0725 e. The van der Waals surface area contributed by atoms with Gasteiger partial charge >= 0.3 is 0 Å². The first kappa shape index (κ1) is 14.7. The Hall–Kier alpha value is -1.21. The molecule has 1 atom stereocenters. The van der Waals surface area contributed by atoms with Crippen LogP contribution in [0.5, 0.6) is 0 Å². The average Bonchev–Trinajstić information content (AvgIpc) is 2.51. The molecule has 3 nitrogen and oxygen atoms in total. The summed E-state index contributed by atoms with van der Waals surface area (Å²) in [5.41, 5.74) is 5.84. The van der Waals surface area contributed by atoms with Crippen LogP contribution in [0, 0.1) is 3.57 Å². The Balaban J connectivity index is 2.06. The molecule has 1 aromatic heterocycles. The van der Waals surface area contributed by atoms with Crippen molar-refractivity contribution in [1.29, 1.82) is 0 Å². The molecule has 0 fully saturated rings. The number of hydrogen-bond donors (Lipinski definition) is 2. The number of hydrazine groups is 1. The number of rotatable bonds is 3. The van der Waals surface area contributed by atoms with E-state index in [1.165, 1.54) is 0 Å². The van der Waals surface area contributed by atoms with Gasteiger partial charge in [-0.3, -0.25) is 10.8 Å². The number of nitrogens with zero attached hydrogens (tertiary/aromatic N) is 1. The molecule has 3 rings (SSSR count). The van der Waals surface area contributed by atoms with Gasteiger partial charge in [0.15, 0.2) is 0 Å². The predicted molar refractivity (Wildman–Crippen MR) is 95.1 cm³/mol. The molecule has 3 aromatic rings. The Morgan fingerprint density at radius 3 is 2.67 bits per heavy atom. The van der Waals surface area contributed by atoms with Crippen LogP contribution in [0.3, 0.4) is 0 Å². The van der Waals surface area contributed by atoms with E-state index in [4.69, 9.17) is 17.4 Å². The van der Waals surface area contributed by atoms with E-state index in [9.17, 15) is 0 Å². The fourth-order valence-electron chi connectivity index (χ4n) is 2.32. The van der Waals surface area contributed by atoms with Gasteiger partial charge in [-0.15, -0.1) is 0 Å². The van der Waals surface area contributed by atoms with E-state index >= 15 is 0 Å². The summed E-state index contributed by atoms with van der Waals surface area (Å²) < 4.78 is 1.02. The summed E-state index contributed by atoms with van der Waals surface area (Å²) in [5.74, 6) is 5.75. The standard InChI is InChI=1S/C16H13ClIN3/c17-13-8-11(5-6-14(13)18)16(21-19)12-7-10-3-1-2-4-15(10)20-9-12/h1-9,16,21H,19H2. The van der Waals surface area contributed by atoms with Crippen molar-refractivity contribution in [3.8, 4) is 0 Å². The van der Waals surface area contributed by atoms with Crippen molar-refractivity contribution >= 4 is 45.1 Å².